The van der Waals surface area contributed by atoms with Gasteiger partial charge in [0.15, 0.2) is 0 Å². The van der Waals surface area contributed by atoms with Crippen LogP contribution in [0.25, 0.3) is 6.08 Å². The highest BCUT2D eigenvalue weighted by Gasteiger charge is 1.99. The average Bonchev–Trinajstić information content (AvgIpc) is 2.45. The average molecular weight is 261 g/mol. The highest BCUT2D eigenvalue weighted by Crippen LogP contribution is 2.00. The van der Waals surface area contributed by atoms with Crippen LogP contribution in [-0.4, -0.2) is 25.5 Å². The van der Waals surface area contributed by atoms with Gasteiger partial charge in [-0.25, -0.2) is 0 Å². The van der Waals surface area contributed by atoms with Gasteiger partial charge in [0, 0.05) is 19.0 Å². The summed E-state index contributed by atoms with van der Waals surface area (Å²) >= 11 is 0. The fraction of sp³-hybridized carbons (Fsp3) is 0.333. The quantitative estimate of drug-likeness (QED) is 0.465. The van der Waals surface area contributed by atoms with E-state index in [1.165, 1.54) is 13.2 Å². The number of amides is 1. The first-order valence-electron chi connectivity index (χ1n) is 6.30. The lowest BCUT2D eigenvalue weighted by Gasteiger charge is -2.01. The van der Waals surface area contributed by atoms with Crippen LogP contribution in [0, 0.1) is 0 Å². The Bertz CT molecular complexity index is 426. The molecule has 0 aliphatic carbocycles. The van der Waals surface area contributed by atoms with Crippen molar-refractivity contribution in [3.8, 4) is 0 Å². The van der Waals surface area contributed by atoms with Crippen molar-refractivity contribution in [1.29, 1.82) is 0 Å². The predicted octanol–water partition coefficient (Wildman–Crippen LogP) is 2.16. The molecule has 0 spiro atoms. The van der Waals surface area contributed by atoms with Crippen molar-refractivity contribution < 1.29 is 14.3 Å². The molecule has 0 saturated heterocycles. The van der Waals surface area contributed by atoms with Crippen molar-refractivity contribution >= 4 is 18.0 Å². The lowest BCUT2D eigenvalue weighted by atomic mass is 10.2. The third kappa shape index (κ3) is 7.03. The van der Waals surface area contributed by atoms with Gasteiger partial charge < -0.3 is 10.1 Å². The van der Waals surface area contributed by atoms with Crippen LogP contribution in [0.15, 0.2) is 36.4 Å². The number of rotatable bonds is 7. The molecule has 1 aromatic rings. The third-order valence-electron chi connectivity index (χ3n) is 2.56. The number of unbranched alkanes of at least 4 members (excludes halogenated alkanes) is 1. The number of ether oxygens (including phenoxy) is 1. The fourth-order valence-corrected chi connectivity index (χ4v) is 1.50. The van der Waals surface area contributed by atoms with Gasteiger partial charge in [0.1, 0.15) is 0 Å². The van der Waals surface area contributed by atoms with Gasteiger partial charge in [0.2, 0.25) is 5.91 Å². The summed E-state index contributed by atoms with van der Waals surface area (Å²) in [7, 11) is 1.37. The van der Waals surface area contributed by atoms with Crippen LogP contribution < -0.4 is 5.32 Å². The Morgan fingerprint density at radius 3 is 2.63 bits per heavy atom. The molecule has 1 rings (SSSR count). The smallest absolute Gasteiger partial charge is 0.305 e. The van der Waals surface area contributed by atoms with Crippen LogP contribution >= 0.6 is 0 Å². The number of carbonyl (C=O) groups excluding carboxylic acids is 2. The topological polar surface area (TPSA) is 55.4 Å². The maximum absolute atomic E-state index is 11.5. The largest absolute Gasteiger partial charge is 0.469 e. The van der Waals surface area contributed by atoms with E-state index in [-0.39, 0.29) is 11.9 Å². The summed E-state index contributed by atoms with van der Waals surface area (Å²) in [6.45, 7) is 0.564. The third-order valence-corrected chi connectivity index (χ3v) is 2.56. The van der Waals surface area contributed by atoms with Gasteiger partial charge in [-0.3, -0.25) is 9.59 Å². The Labute approximate surface area is 113 Å². The van der Waals surface area contributed by atoms with E-state index in [0.29, 0.717) is 13.0 Å². The summed E-state index contributed by atoms with van der Waals surface area (Å²) in [5.74, 6) is -0.336. The van der Waals surface area contributed by atoms with Gasteiger partial charge in [0.25, 0.3) is 0 Å². The van der Waals surface area contributed by atoms with E-state index in [1.807, 2.05) is 30.3 Å². The number of hydrogen-bond donors (Lipinski definition) is 1. The molecule has 4 nitrogen and oxygen atoms in total. The summed E-state index contributed by atoms with van der Waals surface area (Å²) < 4.78 is 4.53. The minimum absolute atomic E-state index is 0.123. The molecule has 1 aromatic carbocycles. The minimum atomic E-state index is -0.213. The molecule has 1 amide bonds. The number of hydrogen-bond acceptors (Lipinski definition) is 3. The molecular weight excluding hydrogens is 242 g/mol. The number of benzene rings is 1. The van der Waals surface area contributed by atoms with Gasteiger partial charge in [-0.1, -0.05) is 30.3 Å². The first-order chi connectivity index (χ1) is 9.22. The summed E-state index contributed by atoms with van der Waals surface area (Å²) in [6, 6.07) is 9.63. The molecule has 1 N–H and O–H groups in total. The summed E-state index contributed by atoms with van der Waals surface area (Å²) in [6.07, 6.45) is 5.15. The Hall–Kier alpha value is -2.10. The molecule has 0 atom stereocenters. The number of esters is 1. The Morgan fingerprint density at radius 1 is 1.21 bits per heavy atom. The standard InChI is InChI=1S/C15H19NO3/c1-19-15(18)9-5-6-12-16-14(17)11-10-13-7-3-2-4-8-13/h2-4,7-8,10-11H,5-6,9,12H2,1H3,(H,16,17). The normalized spacial score (nSPS) is 10.4. The summed E-state index contributed by atoms with van der Waals surface area (Å²) in [5, 5.41) is 2.77. The van der Waals surface area contributed by atoms with Gasteiger partial charge in [0.05, 0.1) is 7.11 Å². The number of carbonyl (C=O) groups is 2. The minimum Gasteiger partial charge on any atom is -0.469 e. The van der Waals surface area contributed by atoms with Crippen molar-refractivity contribution in [2.24, 2.45) is 0 Å². The fourth-order valence-electron chi connectivity index (χ4n) is 1.50. The maximum Gasteiger partial charge on any atom is 0.305 e. The molecule has 4 heteroatoms. The maximum atomic E-state index is 11.5. The van der Waals surface area contributed by atoms with E-state index in [4.69, 9.17) is 0 Å². The molecule has 0 bridgehead atoms. The monoisotopic (exact) mass is 261 g/mol. The second kappa shape index (κ2) is 8.91. The molecular formula is C15H19NO3. The van der Waals surface area contributed by atoms with Crippen LogP contribution in [0.5, 0.6) is 0 Å². The molecule has 102 valence electrons. The van der Waals surface area contributed by atoms with Crippen molar-refractivity contribution in [3.63, 3.8) is 0 Å². The molecule has 0 aliphatic heterocycles. The van der Waals surface area contributed by atoms with Crippen molar-refractivity contribution in [2.75, 3.05) is 13.7 Å². The second-order valence-electron chi connectivity index (χ2n) is 4.07. The molecule has 0 saturated carbocycles. The molecule has 0 fully saturated rings. The molecule has 0 unspecified atom stereocenters. The summed E-state index contributed by atoms with van der Waals surface area (Å²) in [4.78, 5) is 22.3. The van der Waals surface area contributed by atoms with E-state index >= 15 is 0 Å². The van der Waals surface area contributed by atoms with Crippen LogP contribution in [0.4, 0.5) is 0 Å². The molecule has 0 heterocycles. The predicted molar refractivity (Wildman–Crippen MR) is 74.4 cm³/mol. The molecule has 0 aromatic heterocycles. The van der Waals surface area contributed by atoms with Crippen LogP contribution in [0.2, 0.25) is 0 Å². The molecule has 0 radical (unpaired) electrons. The Morgan fingerprint density at radius 2 is 1.95 bits per heavy atom. The first-order valence-corrected chi connectivity index (χ1v) is 6.30. The van der Waals surface area contributed by atoms with E-state index < -0.39 is 0 Å². The van der Waals surface area contributed by atoms with Crippen molar-refractivity contribution in [3.05, 3.63) is 42.0 Å². The molecule has 19 heavy (non-hydrogen) atoms. The lowest BCUT2D eigenvalue weighted by molar-refractivity contribution is -0.140. The highest BCUT2D eigenvalue weighted by molar-refractivity contribution is 5.91. The zero-order valence-corrected chi connectivity index (χ0v) is 11.1. The van der Waals surface area contributed by atoms with Gasteiger partial charge in [-0.05, 0) is 24.5 Å². The van der Waals surface area contributed by atoms with Crippen LogP contribution in [0.3, 0.4) is 0 Å². The summed E-state index contributed by atoms with van der Waals surface area (Å²) in [5.41, 5.74) is 0.989. The number of methoxy groups -OCH3 is 1. The van der Waals surface area contributed by atoms with Crippen molar-refractivity contribution in [1.82, 2.24) is 5.32 Å². The van der Waals surface area contributed by atoms with Gasteiger partial charge >= 0.3 is 5.97 Å². The Kier molecular flexibility index (Phi) is 7.02. The van der Waals surface area contributed by atoms with Crippen LogP contribution in [-0.2, 0) is 14.3 Å². The van der Waals surface area contributed by atoms with Gasteiger partial charge in [-0.2, -0.15) is 0 Å². The Balaban J connectivity index is 2.15. The van der Waals surface area contributed by atoms with E-state index in [0.717, 1.165) is 18.4 Å². The zero-order chi connectivity index (χ0) is 13.9. The SMILES string of the molecule is COC(=O)CCCCNC(=O)C=Cc1ccccc1. The lowest BCUT2D eigenvalue weighted by Crippen LogP contribution is -2.22. The van der Waals surface area contributed by atoms with Gasteiger partial charge in [-0.15, -0.1) is 0 Å². The van der Waals surface area contributed by atoms with Crippen LogP contribution in [0.1, 0.15) is 24.8 Å². The van der Waals surface area contributed by atoms with E-state index in [9.17, 15) is 9.59 Å². The molecule has 0 aliphatic rings. The number of nitrogens with one attached hydrogen (secondary N) is 1. The highest BCUT2D eigenvalue weighted by atomic mass is 16.5. The van der Waals surface area contributed by atoms with Crippen molar-refractivity contribution in [2.45, 2.75) is 19.3 Å². The zero-order valence-electron chi connectivity index (χ0n) is 11.1. The van der Waals surface area contributed by atoms with E-state index in [1.54, 1.807) is 6.08 Å². The second-order valence-corrected chi connectivity index (χ2v) is 4.07. The first kappa shape index (κ1) is 15.0. The van der Waals surface area contributed by atoms with E-state index in [2.05, 4.69) is 10.1 Å².